The highest BCUT2D eigenvalue weighted by Crippen LogP contribution is 2.39. The highest BCUT2D eigenvalue weighted by atomic mass is 127. The van der Waals surface area contributed by atoms with Crippen molar-refractivity contribution in [1.82, 2.24) is 10.2 Å². The van der Waals surface area contributed by atoms with Crippen molar-refractivity contribution in [3.63, 3.8) is 0 Å². The summed E-state index contributed by atoms with van der Waals surface area (Å²) in [5, 5.41) is 33.8. The second-order valence-corrected chi connectivity index (χ2v) is 11.7. The summed E-state index contributed by atoms with van der Waals surface area (Å²) in [6, 6.07) is 7.67. The van der Waals surface area contributed by atoms with E-state index in [0.29, 0.717) is 36.3 Å². The number of methoxy groups -OCH3 is 1. The second-order valence-electron chi connectivity index (χ2n) is 9.77. The lowest BCUT2D eigenvalue weighted by Crippen LogP contribution is -2.55. The molecule has 12 heteroatoms. The van der Waals surface area contributed by atoms with Crippen molar-refractivity contribution in [2.75, 3.05) is 20.3 Å². The first kappa shape index (κ1) is 30.9. The van der Waals surface area contributed by atoms with Crippen LogP contribution >= 0.6 is 45.8 Å². The van der Waals surface area contributed by atoms with Gasteiger partial charge in [-0.1, -0.05) is 29.3 Å². The zero-order valence-corrected chi connectivity index (χ0v) is 25.4. The molecule has 2 aromatic rings. The van der Waals surface area contributed by atoms with E-state index in [1.54, 1.807) is 41.3 Å². The van der Waals surface area contributed by atoms with Crippen LogP contribution in [0, 0.1) is 9.49 Å². The maximum Gasteiger partial charge on any atom is 0.247 e. The molecule has 3 atom stereocenters. The van der Waals surface area contributed by atoms with Gasteiger partial charge in [0.2, 0.25) is 11.8 Å². The van der Waals surface area contributed by atoms with Crippen LogP contribution in [0.2, 0.25) is 10.0 Å². The van der Waals surface area contributed by atoms with Crippen LogP contribution in [0.15, 0.2) is 42.0 Å². The molecule has 2 aromatic carbocycles. The summed E-state index contributed by atoms with van der Waals surface area (Å²) in [6.45, 7) is -0.223. The lowest BCUT2D eigenvalue weighted by atomic mass is 9.87. The van der Waals surface area contributed by atoms with E-state index in [9.17, 15) is 24.9 Å². The number of halogens is 3. The summed E-state index contributed by atoms with van der Waals surface area (Å²) < 4.78 is 12.4. The number of rotatable bonds is 11. The number of aliphatic hydroxyl groups is 3. The number of benzene rings is 2. The molecule has 0 heterocycles. The number of amides is 2. The van der Waals surface area contributed by atoms with Crippen LogP contribution in [-0.2, 0) is 22.7 Å². The molecule has 4 rings (SSSR count). The number of nitrogens with one attached hydrogen (secondary N) is 1. The normalized spacial score (nSPS) is 20.5. The number of carbonyl (C=O) groups excluding carboxylic acids is 2. The van der Waals surface area contributed by atoms with Gasteiger partial charge in [-0.2, -0.15) is 0 Å². The first-order valence-corrected chi connectivity index (χ1v) is 14.7. The van der Waals surface area contributed by atoms with Crippen LogP contribution in [0.1, 0.15) is 30.4 Å². The van der Waals surface area contributed by atoms with Crippen molar-refractivity contribution in [1.29, 1.82) is 0 Å². The van der Waals surface area contributed by atoms with Crippen LogP contribution < -0.4 is 14.8 Å². The van der Waals surface area contributed by atoms with Gasteiger partial charge in [0, 0.05) is 31.0 Å². The minimum absolute atomic E-state index is 0.0528. The SMILES string of the molecule is COc1cc(CO)cc(I)c1O[C@H]1C=C(C(=O)NCCO)C[C@@H](N(Cc2ccc(Cl)c(Cl)c2)C(=O)C2CC2)[C@@H]1O. The Morgan fingerprint density at radius 2 is 1.88 bits per heavy atom. The molecule has 2 aliphatic rings. The fourth-order valence-corrected chi connectivity index (χ4v) is 5.77. The maximum absolute atomic E-state index is 13.6. The summed E-state index contributed by atoms with van der Waals surface area (Å²) in [7, 11) is 1.47. The number of aliphatic hydroxyl groups excluding tert-OH is 3. The monoisotopic (exact) mass is 704 g/mol. The molecular weight excluding hydrogens is 674 g/mol. The lowest BCUT2D eigenvalue weighted by molar-refractivity contribution is -0.140. The van der Waals surface area contributed by atoms with E-state index in [2.05, 4.69) is 27.9 Å². The molecule has 0 unspecified atom stereocenters. The Morgan fingerprint density at radius 3 is 2.50 bits per heavy atom. The van der Waals surface area contributed by atoms with Gasteiger partial charge in [0.25, 0.3) is 0 Å². The van der Waals surface area contributed by atoms with E-state index in [4.69, 9.17) is 32.7 Å². The molecule has 1 fully saturated rings. The van der Waals surface area contributed by atoms with Gasteiger partial charge in [0.05, 0.1) is 40.0 Å². The Balaban J connectivity index is 1.72. The van der Waals surface area contributed by atoms with Crippen molar-refractivity contribution >= 4 is 57.6 Å². The van der Waals surface area contributed by atoms with Gasteiger partial charge in [-0.15, -0.1) is 0 Å². The number of hydrogen-bond acceptors (Lipinski definition) is 7. The minimum Gasteiger partial charge on any atom is -0.493 e. The highest BCUT2D eigenvalue weighted by molar-refractivity contribution is 14.1. The van der Waals surface area contributed by atoms with Gasteiger partial charge in [0.1, 0.15) is 12.2 Å². The summed E-state index contributed by atoms with van der Waals surface area (Å²) >= 11 is 14.4. The molecule has 0 aromatic heterocycles. The van der Waals surface area contributed by atoms with Crippen LogP contribution in [0.5, 0.6) is 11.5 Å². The van der Waals surface area contributed by atoms with E-state index >= 15 is 0 Å². The standard InChI is InChI=1S/C28H31Cl2IN2O7/c1-39-24-10-16(14-35)9-21(31)26(24)40-23-12-18(27(37)32-6-7-34)11-22(25(23)36)33(28(38)17-3-4-17)13-15-2-5-19(29)20(30)8-15/h2,5,8-10,12,17,22-23,25,34-36H,3-4,6-7,11,13-14H2,1H3,(H,32,37)/t22-,23+,25+/m1/s1. The van der Waals surface area contributed by atoms with E-state index in [-0.39, 0.29) is 44.5 Å². The molecule has 4 N–H and O–H groups in total. The fourth-order valence-electron chi connectivity index (χ4n) is 4.65. The Bertz CT molecular complexity index is 1290. The molecule has 0 spiro atoms. The molecule has 0 radical (unpaired) electrons. The van der Waals surface area contributed by atoms with Crippen LogP contribution in [0.3, 0.4) is 0 Å². The van der Waals surface area contributed by atoms with Crippen molar-refractivity contribution in [2.45, 2.75) is 50.7 Å². The summed E-state index contributed by atoms with van der Waals surface area (Å²) in [5.74, 6) is -0.0119. The first-order valence-electron chi connectivity index (χ1n) is 12.8. The second kappa shape index (κ2) is 13.7. The summed E-state index contributed by atoms with van der Waals surface area (Å²) in [6.07, 6.45) is 0.924. The van der Waals surface area contributed by atoms with Crippen LogP contribution in [-0.4, -0.2) is 70.5 Å². The number of carbonyl (C=O) groups is 2. The summed E-state index contributed by atoms with van der Waals surface area (Å²) in [5.41, 5.74) is 1.67. The van der Waals surface area contributed by atoms with E-state index in [1.165, 1.54) is 7.11 Å². The molecule has 40 heavy (non-hydrogen) atoms. The summed E-state index contributed by atoms with van der Waals surface area (Å²) in [4.78, 5) is 28.2. The maximum atomic E-state index is 13.6. The van der Waals surface area contributed by atoms with Crippen molar-refractivity contribution in [3.05, 3.63) is 66.7 Å². The molecule has 1 saturated carbocycles. The Morgan fingerprint density at radius 1 is 1.12 bits per heavy atom. The van der Waals surface area contributed by atoms with Crippen molar-refractivity contribution < 1.29 is 34.4 Å². The molecule has 2 amide bonds. The number of nitrogens with zero attached hydrogens (tertiary/aromatic N) is 1. The van der Waals surface area contributed by atoms with Gasteiger partial charge >= 0.3 is 0 Å². The van der Waals surface area contributed by atoms with Crippen molar-refractivity contribution in [2.24, 2.45) is 5.92 Å². The molecule has 0 aliphatic heterocycles. The Hall–Kier alpha value is -2.09. The third-order valence-electron chi connectivity index (χ3n) is 6.89. The fraction of sp³-hybridized carbons (Fsp3) is 0.429. The largest absolute Gasteiger partial charge is 0.493 e. The minimum atomic E-state index is -1.20. The average Bonchev–Trinajstić information content (AvgIpc) is 3.79. The Kier molecular flexibility index (Phi) is 10.6. The number of hydrogen-bond donors (Lipinski definition) is 4. The van der Waals surface area contributed by atoms with E-state index in [0.717, 1.165) is 18.4 Å². The predicted octanol–water partition coefficient (Wildman–Crippen LogP) is 3.45. The third kappa shape index (κ3) is 7.21. The molecule has 9 nitrogen and oxygen atoms in total. The average molecular weight is 705 g/mol. The highest BCUT2D eigenvalue weighted by Gasteiger charge is 2.44. The van der Waals surface area contributed by atoms with Gasteiger partial charge in [-0.25, -0.2) is 0 Å². The molecule has 0 bridgehead atoms. The topological polar surface area (TPSA) is 129 Å². The van der Waals surface area contributed by atoms with Gasteiger partial charge in [0.15, 0.2) is 11.5 Å². The number of ether oxygens (including phenoxy) is 2. The van der Waals surface area contributed by atoms with Crippen LogP contribution in [0.25, 0.3) is 0 Å². The quantitative estimate of drug-likeness (QED) is 0.264. The lowest BCUT2D eigenvalue weighted by Gasteiger charge is -2.41. The molecular formula is C28H31Cl2IN2O7. The zero-order valence-electron chi connectivity index (χ0n) is 21.8. The Labute approximate surface area is 256 Å². The molecule has 216 valence electrons. The molecule has 0 saturated heterocycles. The van der Waals surface area contributed by atoms with Gasteiger partial charge in [-0.05, 0) is 76.9 Å². The first-order chi connectivity index (χ1) is 19.2. The van der Waals surface area contributed by atoms with E-state index < -0.39 is 24.2 Å². The third-order valence-corrected chi connectivity index (χ3v) is 8.43. The predicted molar refractivity (Wildman–Crippen MR) is 158 cm³/mol. The van der Waals surface area contributed by atoms with Gasteiger partial charge in [-0.3, -0.25) is 9.59 Å². The smallest absolute Gasteiger partial charge is 0.247 e. The molecule has 2 aliphatic carbocycles. The van der Waals surface area contributed by atoms with Crippen molar-refractivity contribution in [3.8, 4) is 11.5 Å². The van der Waals surface area contributed by atoms with E-state index in [1.807, 2.05) is 0 Å². The zero-order chi connectivity index (χ0) is 29.0. The van der Waals surface area contributed by atoms with Crippen LogP contribution in [0.4, 0.5) is 0 Å². The van der Waals surface area contributed by atoms with Gasteiger partial charge < -0.3 is 35.0 Å².